The molecule has 0 aliphatic carbocycles. The Morgan fingerprint density at radius 1 is 1.33 bits per heavy atom. The van der Waals surface area contributed by atoms with E-state index in [4.69, 9.17) is 10.5 Å². The van der Waals surface area contributed by atoms with E-state index in [1.165, 1.54) is 7.11 Å². The Bertz CT molecular complexity index is 602. The van der Waals surface area contributed by atoms with E-state index in [2.05, 4.69) is 10.2 Å². The first kappa shape index (κ1) is 12.2. The van der Waals surface area contributed by atoms with Crippen LogP contribution in [0.25, 0.3) is 11.3 Å². The van der Waals surface area contributed by atoms with Crippen LogP contribution in [-0.4, -0.2) is 23.3 Å². The number of methoxy groups -OCH3 is 1. The van der Waals surface area contributed by atoms with Gasteiger partial charge in [0.15, 0.2) is 0 Å². The summed E-state index contributed by atoms with van der Waals surface area (Å²) in [5, 5.41) is 6.70. The third-order valence-corrected chi connectivity index (χ3v) is 2.98. The molecule has 0 amide bonds. The predicted molar refractivity (Wildman–Crippen MR) is 69.2 cm³/mol. The number of anilines is 1. The van der Waals surface area contributed by atoms with E-state index in [1.807, 2.05) is 19.9 Å². The Kier molecular flexibility index (Phi) is 3.06. The molecule has 0 bridgehead atoms. The molecule has 0 aliphatic rings. The Hall–Kier alpha value is -2.30. The second kappa shape index (κ2) is 4.52. The number of nitrogen functional groups attached to an aromatic ring is 1. The highest BCUT2D eigenvalue weighted by atomic mass is 16.5. The van der Waals surface area contributed by atoms with Gasteiger partial charge in [0.2, 0.25) is 0 Å². The van der Waals surface area contributed by atoms with Crippen molar-refractivity contribution in [1.29, 1.82) is 0 Å². The quantitative estimate of drug-likeness (QED) is 0.793. The van der Waals surface area contributed by atoms with Crippen LogP contribution in [0.5, 0.6) is 0 Å². The van der Waals surface area contributed by atoms with Crippen molar-refractivity contribution in [3.63, 3.8) is 0 Å². The molecule has 0 radical (unpaired) electrons. The predicted octanol–water partition coefficient (Wildman–Crippen LogP) is 2.06. The fourth-order valence-corrected chi connectivity index (χ4v) is 1.82. The molecule has 1 aromatic carbocycles. The molecule has 0 aliphatic heterocycles. The first-order valence-corrected chi connectivity index (χ1v) is 5.53. The zero-order valence-electron chi connectivity index (χ0n) is 10.6. The van der Waals surface area contributed by atoms with Gasteiger partial charge in [0, 0.05) is 11.6 Å². The molecule has 0 saturated heterocycles. The van der Waals surface area contributed by atoms with Gasteiger partial charge in [0.25, 0.3) is 0 Å². The van der Waals surface area contributed by atoms with Crippen molar-refractivity contribution in [2.24, 2.45) is 0 Å². The molecule has 0 fully saturated rings. The number of carbonyl (C=O) groups is 1. The number of aromatic nitrogens is 2. The van der Waals surface area contributed by atoms with Crippen LogP contribution < -0.4 is 5.73 Å². The van der Waals surface area contributed by atoms with E-state index in [0.29, 0.717) is 11.4 Å². The number of aryl methyl sites for hydroxylation is 1. The maximum atomic E-state index is 11.7. The van der Waals surface area contributed by atoms with Crippen molar-refractivity contribution in [1.82, 2.24) is 10.2 Å². The minimum absolute atomic E-state index is 0.343. The first-order valence-electron chi connectivity index (χ1n) is 5.53. The van der Waals surface area contributed by atoms with Gasteiger partial charge in [-0.25, -0.2) is 4.79 Å². The summed E-state index contributed by atoms with van der Waals surface area (Å²) < 4.78 is 4.78. The second-order valence-corrected chi connectivity index (χ2v) is 4.16. The van der Waals surface area contributed by atoms with Gasteiger partial charge in [-0.15, -0.1) is 0 Å². The number of esters is 1. The molecule has 18 heavy (non-hydrogen) atoms. The standard InChI is InChI=1S/C13H15N3O2/c1-7-4-9(11-6-12(14)16-15-11)5-10(8(7)2)13(17)18-3/h4-6H,1-3H3,(H3,14,15,16). The lowest BCUT2D eigenvalue weighted by atomic mass is 9.98. The summed E-state index contributed by atoms with van der Waals surface area (Å²) in [7, 11) is 1.37. The van der Waals surface area contributed by atoms with Crippen molar-refractivity contribution in [2.75, 3.05) is 12.8 Å². The number of hydrogen-bond donors (Lipinski definition) is 2. The van der Waals surface area contributed by atoms with Crippen LogP contribution >= 0.6 is 0 Å². The first-order chi connectivity index (χ1) is 8.52. The second-order valence-electron chi connectivity index (χ2n) is 4.16. The van der Waals surface area contributed by atoms with Gasteiger partial charge in [-0.3, -0.25) is 5.10 Å². The number of carbonyl (C=O) groups excluding carboxylic acids is 1. The fraction of sp³-hybridized carbons (Fsp3) is 0.231. The normalized spacial score (nSPS) is 10.4. The van der Waals surface area contributed by atoms with Gasteiger partial charge in [-0.2, -0.15) is 5.10 Å². The average Bonchev–Trinajstić information content (AvgIpc) is 2.78. The Morgan fingerprint density at radius 2 is 2.06 bits per heavy atom. The van der Waals surface area contributed by atoms with Crippen LogP contribution in [-0.2, 0) is 4.74 Å². The van der Waals surface area contributed by atoms with Gasteiger partial charge in [0.05, 0.1) is 18.4 Å². The van der Waals surface area contributed by atoms with Crippen molar-refractivity contribution >= 4 is 11.8 Å². The van der Waals surface area contributed by atoms with E-state index in [-0.39, 0.29) is 5.97 Å². The Labute approximate surface area is 105 Å². The fourth-order valence-electron chi connectivity index (χ4n) is 1.82. The molecule has 0 unspecified atom stereocenters. The van der Waals surface area contributed by atoms with Crippen LogP contribution in [0.4, 0.5) is 5.82 Å². The third kappa shape index (κ3) is 2.07. The van der Waals surface area contributed by atoms with Crippen molar-refractivity contribution < 1.29 is 9.53 Å². The molecule has 0 saturated carbocycles. The topological polar surface area (TPSA) is 81.0 Å². The highest BCUT2D eigenvalue weighted by molar-refractivity contribution is 5.93. The highest BCUT2D eigenvalue weighted by Gasteiger charge is 2.14. The maximum Gasteiger partial charge on any atom is 0.338 e. The highest BCUT2D eigenvalue weighted by Crippen LogP contribution is 2.25. The monoisotopic (exact) mass is 245 g/mol. The molecular formula is C13H15N3O2. The molecule has 94 valence electrons. The van der Waals surface area contributed by atoms with Gasteiger partial charge in [-0.05, 0) is 37.1 Å². The van der Waals surface area contributed by atoms with Gasteiger partial charge >= 0.3 is 5.97 Å². The number of nitrogens with one attached hydrogen (secondary N) is 1. The zero-order valence-corrected chi connectivity index (χ0v) is 10.6. The molecule has 5 nitrogen and oxygen atoms in total. The lowest BCUT2D eigenvalue weighted by molar-refractivity contribution is 0.0600. The van der Waals surface area contributed by atoms with Crippen molar-refractivity contribution in [2.45, 2.75) is 13.8 Å². The molecule has 0 atom stereocenters. The van der Waals surface area contributed by atoms with E-state index in [9.17, 15) is 4.79 Å². The largest absolute Gasteiger partial charge is 0.465 e. The van der Waals surface area contributed by atoms with Crippen LogP contribution in [0.15, 0.2) is 18.2 Å². The Morgan fingerprint density at radius 3 is 2.61 bits per heavy atom. The number of H-pyrrole nitrogens is 1. The summed E-state index contributed by atoms with van der Waals surface area (Å²) in [6.45, 7) is 3.84. The lowest BCUT2D eigenvalue weighted by Crippen LogP contribution is -2.05. The number of nitrogens with two attached hydrogens (primary N) is 1. The number of rotatable bonds is 2. The van der Waals surface area contributed by atoms with Crippen molar-refractivity contribution in [3.8, 4) is 11.3 Å². The minimum atomic E-state index is -0.343. The summed E-state index contributed by atoms with van der Waals surface area (Å²) in [5.74, 6) is 0.0767. The summed E-state index contributed by atoms with van der Waals surface area (Å²) in [6, 6.07) is 5.49. The summed E-state index contributed by atoms with van der Waals surface area (Å²) in [5.41, 5.74) is 9.70. The molecule has 2 aromatic rings. The Balaban J connectivity index is 2.57. The number of ether oxygens (including phenoxy) is 1. The van der Waals surface area contributed by atoms with E-state index >= 15 is 0 Å². The molecular weight excluding hydrogens is 230 g/mol. The summed E-state index contributed by atoms with van der Waals surface area (Å²) in [4.78, 5) is 11.7. The van der Waals surface area contributed by atoms with Crippen molar-refractivity contribution in [3.05, 3.63) is 34.9 Å². The molecule has 1 aromatic heterocycles. The van der Waals surface area contributed by atoms with Crippen LogP contribution in [0.3, 0.4) is 0 Å². The third-order valence-electron chi connectivity index (χ3n) is 2.98. The number of benzene rings is 1. The zero-order chi connectivity index (χ0) is 13.3. The maximum absolute atomic E-state index is 11.7. The summed E-state index contributed by atoms with van der Waals surface area (Å²) >= 11 is 0. The van der Waals surface area contributed by atoms with E-state index in [1.54, 1.807) is 12.1 Å². The molecule has 5 heteroatoms. The van der Waals surface area contributed by atoms with Crippen LogP contribution in [0.1, 0.15) is 21.5 Å². The van der Waals surface area contributed by atoms with Gasteiger partial charge in [0.1, 0.15) is 5.82 Å². The molecule has 3 N–H and O–H groups in total. The van der Waals surface area contributed by atoms with E-state index < -0.39 is 0 Å². The summed E-state index contributed by atoms with van der Waals surface area (Å²) in [6.07, 6.45) is 0. The average molecular weight is 245 g/mol. The SMILES string of the molecule is COC(=O)c1cc(-c2cc(N)n[nH]2)cc(C)c1C. The number of aromatic amines is 1. The van der Waals surface area contributed by atoms with E-state index in [0.717, 1.165) is 22.4 Å². The minimum Gasteiger partial charge on any atom is -0.465 e. The van der Waals surface area contributed by atoms with Gasteiger partial charge in [-0.1, -0.05) is 0 Å². The van der Waals surface area contributed by atoms with Crippen LogP contribution in [0.2, 0.25) is 0 Å². The molecule has 2 rings (SSSR count). The number of hydrogen-bond acceptors (Lipinski definition) is 4. The number of nitrogens with zero attached hydrogens (tertiary/aromatic N) is 1. The smallest absolute Gasteiger partial charge is 0.338 e. The van der Waals surface area contributed by atoms with Crippen LogP contribution in [0, 0.1) is 13.8 Å². The molecule has 1 heterocycles. The molecule has 0 spiro atoms. The van der Waals surface area contributed by atoms with Gasteiger partial charge < -0.3 is 10.5 Å². The lowest BCUT2D eigenvalue weighted by Gasteiger charge is -2.09.